The number of hydrogen-bond acceptors (Lipinski definition) is 3. The van der Waals surface area contributed by atoms with Crippen LogP contribution in [-0.2, 0) is 23.1 Å². The Balaban J connectivity index is 2.79. The molecule has 0 bridgehead atoms. The Hall–Kier alpha value is -1.85. The molecule has 1 aromatic heterocycles. The van der Waals surface area contributed by atoms with Crippen molar-refractivity contribution in [2.24, 2.45) is 7.05 Å². The molecule has 88 valence electrons. The zero-order valence-corrected chi connectivity index (χ0v) is 9.52. The van der Waals surface area contributed by atoms with E-state index in [2.05, 4.69) is 10.4 Å². The molecule has 6 nitrogen and oxygen atoms in total. The molecular weight excluding hydrogens is 210 g/mol. The minimum Gasteiger partial charge on any atom is -0.480 e. The first kappa shape index (κ1) is 12.2. The topological polar surface area (TPSA) is 84.2 Å². The van der Waals surface area contributed by atoms with Crippen molar-refractivity contribution in [3.8, 4) is 0 Å². The summed E-state index contributed by atoms with van der Waals surface area (Å²) in [6, 6.07) is -0.902. The normalized spacial score (nSPS) is 12.2. The number of carboxylic acid groups (broad SMARTS) is 1. The first-order valence-corrected chi connectivity index (χ1v) is 4.89. The standard InChI is InChI=1S/C10H15N3O3/c1-6-8(5-13(3)12-6)4-9(10(15)16)11-7(2)14/h5,9H,4H2,1-3H3,(H,11,14)(H,15,16). The fourth-order valence-corrected chi connectivity index (χ4v) is 1.51. The minimum atomic E-state index is -1.04. The van der Waals surface area contributed by atoms with Crippen molar-refractivity contribution in [3.05, 3.63) is 17.5 Å². The second-order valence-electron chi connectivity index (χ2n) is 3.71. The van der Waals surface area contributed by atoms with Gasteiger partial charge in [0.1, 0.15) is 6.04 Å². The summed E-state index contributed by atoms with van der Waals surface area (Å²) in [7, 11) is 1.77. The van der Waals surface area contributed by atoms with E-state index in [1.54, 1.807) is 17.9 Å². The predicted octanol–water partition coefficient (Wildman–Crippen LogP) is -0.140. The van der Waals surface area contributed by atoms with Gasteiger partial charge in [-0.3, -0.25) is 9.48 Å². The van der Waals surface area contributed by atoms with Gasteiger partial charge in [0.05, 0.1) is 5.69 Å². The molecule has 6 heteroatoms. The predicted molar refractivity (Wildman–Crippen MR) is 56.9 cm³/mol. The monoisotopic (exact) mass is 225 g/mol. The molecule has 2 N–H and O–H groups in total. The summed E-state index contributed by atoms with van der Waals surface area (Å²) < 4.78 is 1.62. The molecule has 0 aliphatic rings. The third-order valence-corrected chi connectivity index (χ3v) is 2.21. The van der Waals surface area contributed by atoms with Gasteiger partial charge in [0.15, 0.2) is 0 Å². The van der Waals surface area contributed by atoms with Crippen LogP contribution < -0.4 is 5.32 Å². The molecule has 1 unspecified atom stereocenters. The quantitative estimate of drug-likeness (QED) is 0.747. The molecule has 1 heterocycles. The Labute approximate surface area is 93.3 Å². The molecular formula is C10H15N3O3. The number of hydrogen-bond donors (Lipinski definition) is 2. The van der Waals surface area contributed by atoms with Crippen LogP contribution in [0.5, 0.6) is 0 Å². The fourth-order valence-electron chi connectivity index (χ4n) is 1.51. The molecule has 0 saturated carbocycles. The van der Waals surface area contributed by atoms with Crippen molar-refractivity contribution in [1.82, 2.24) is 15.1 Å². The number of aryl methyl sites for hydroxylation is 2. The Morgan fingerprint density at radius 3 is 2.62 bits per heavy atom. The first-order chi connectivity index (χ1) is 7.40. The molecule has 0 aromatic carbocycles. The molecule has 0 spiro atoms. The van der Waals surface area contributed by atoms with Crippen LogP contribution >= 0.6 is 0 Å². The van der Waals surface area contributed by atoms with Gasteiger partial charge in [-0.2, -0.15) is 5.10 Å². The van der Waals surface area contributed by atoms with E-state index in [0.29, 0.717) is 0 Å². The molecule has 0 aliphatic heterocycles. The molecule has 1 amide bonds. The smallest absolute Gasteiger partial charge is 0.326 e. The second-order valence-corrected chi connectivity index (χ2v) is 3.71. The second kappa shape index (κ2) is 4.78. The van der Waals surface area contributed by atoms with E-state index in [0.717, 1.165) is 11.3 Å². The number of amides is 1. The van der Waals surface area contributed by atoms with Crippen molar-refractivity contribution >= 4 is 11.9 Å². The van der Waals surface area contributed by atoms with Gasteiger partial charge >= 0.3 is 5.97 Å². The zero-order valence-electron chi connectivity index (χ0n) is 9.52. The molecule has 0 radical (unpaired) electrons. The van der Waals surface area contributed by atoms with Crippen molar-refractivity contribution in [2.45, 2.75) is 26.3 Å². The van der Waals surface area contributed by atoms with Gasteiger partial charge in [-0.1, -0.05) is 0 Å². The van der Waals surface area contributed by atoms with Crippen LogP contribution in [-0.4, -0.2) is 32.8 Å². The molecule has 16 heavy (non-hydrogen) atoms. The van der Waals surface area contributed by atoms with E-state index >= 15 is 0 Å². The largest absolute Gasteiger partial charge is 0.480 e. The van der Waals surface area contributed by atoms with Crippen LogP contribution in [0.2, 0.25) is 0 Å². The Kier molecular flexibility index (Phi) is 3.65. The third kappa shape index (κ3) is 3.08. The SMILES string of the molecule is CC(=O)NC(Cc1cn(C)nc1C)C(=O)O. The van der Waals surface area contributed by atoms with E-state index in [1.165, 1.54) is 6.92 Å². The number of nitrogens with one attached hydrogen (secondary N) is 1. The van der Waals surface area contributed by atoms with E-state index in [4.69, 9.17) is 5.11 Å². The summed E-state index contributed by atoms with van der Waals surface area (Å²) >= 11 is 0. The maximum Gasteiger partial charge on any atom is 0.326 e. The van der Waals surface area contributed by atoms with Crippen molar-refractivity contribution in [1.29, 1.82) is 0 Å². The number of nitrogens with zero attached hydrogens (tertiary/aromatic N) is 2. The molecule has 1 aromatic rings. The van der Waals surface area contributed by atoms with Gasteiger partial charge in [0, 0.05) is 26.6 Å². The highest BCUT2D eigenvalue weighted by atomic mass is 16.4. The zero-order chi connectivity index (χ0) is 12.3. The van der Waals surface area contributed by atoms with Crippen molar-refractivity contribution in [2.75, 3.05) is 0 Å². The lowest BCUT2D eigenvalue weighted by molar-refractivity contribution is -0.141. The van der Waals surface area contributed by atoms with Gasteiger partial charge in [-0.05, 0) is 12.5 Å². The maximum absolute atomic E-state index is 10.9. The van der Waals surface area contributed by atoms with E-state index in [9.17, 15) is 9.59 Å². The van der Waals surface area contributed by atoms with E-state index < -0.39 is 12.0 Å². The van der Waals surface area contributed by atoms with Crippen LogP contribution in [0.3, 0.4) is 0 Å². The molecule has 0 fully saturated rings. The summed E-state index contributed by atoms with van der Waals surface area (Å²) in [5, 5.41) is 15.4. The lowest BCUT2D eigenvalue weighted by Gasteiger charge is -2.12. The highest BCUT2D eigenvalue weighted by Crippen LogP contribution is 2.08. The van der Waals surface area contributed by atoms with Crippen LogP contribution in [0.25, 0.3) is 0 Å². The van der Waals surface area contributed by atoms with Crippen LogP contribution in [0.1, 0.15) is 18.2 Å². The molecule has 1 rings (SSSR count). The van der Waals surface area contributed by atoms with Gasteiger partial charge in [0.2, 0.25) is 5.91 Å². The minimum absolute atomic E-state index is 0.245. The summed E-state index contributed by atoms with van der Waals surface area (Å²) in [5.74, 6) is -1.40. The van der Waals surface area contributed by atoms with Crippen molar-refractivity contribution in [3.63, 3.8) is 0 Å². The van der Waals surface area contributed by atoms with Gasteiger partial charge in [-0.25, -0.2) is 4.79 Å². The highest BCUT2D eigenvalue weighted by Gasteiger charge is 2.20. The number of rotatable bonds is 4. The molecule has 0 saturated heterocycles. The van der Waals surface area contributed by atoms with Crippen LogP contribution in [0, 0.1) is 6.92 Å². The Bertz CT molecular complexity index is 411. The number of carbonyl (C=O) groups is 2. The van der Waals surface area contributed by atoms with Gasteiger partial charge < -0.3 is 10.4 Å². The van der Waals surface area contributed by atoms with Crippen LogP contribution in [0.4, 0.5) is 0 Å². The number of aromatic nitrogens is 2. The number of aliphatic carboxylic acids is 1. The van der Waals surface area contributed by atoms with Gasteiger partial charge in [0.25, 0.3) is 0 Å². The fraction of sp³-hybridized carbons (Fsp3) is 0.500. The van der Waals surface area contributed by atoms with Gasteiger partial charge in [-0.15, -0.1) is 0 Å². The molecule has 0 aliphatic carbocycles. The Morgan fingerprint density at radius 1 is 1.62 bits per heavy atom. The average molecular weight is 225 g/mol. The first-order valence-electron chi connectivity index (χ1n) is 4.89. The lowest BCUT2D eigenvalue weighted by atomic mass is 10.1. The van der Waals surface area contributed by atoms with Crippen LogP contribution in [0.15, 0.2) is 6.20 Å². The highest BCUT2D eigenvalue weighted by molar-refractivity contribution is 5.82. The maximum atomic E-state index is 10.9. The lowest BCUT2D eigenvalue weighted by Crippen LogP contribution is -2.41. The summed E-state index contributed by atoms with van der Waals surface area (Å²) in [4.78, 5) is 21.8. The summed E-state index contributed by atoms with van der Waals surface area (Å²) in [6.07, 6.45) is 2.00. The average Bonchev–Trinajstić information content (AvgIpc) is 2.43. The van der Waals surface area contributed by atoms with E-state index in [-0.39, 0.29) is 12.3 Å². The number of carbonyl (C=O) groups excluding carboxylic acids is 1. The molecule has 1 atom stereocenters. The summed E-state index contributed by atoms with van der Waals surface area (Å²) in [5.41, 5.74) is 1.60. The summed E-state index contributed by atoms with van der Waals surface area (Å²) in [6.45, 7) is 3.11. The third-order valence-electron chi connectivity index (χ3n) is 2.21. The Morgan fingerprint density at radius 2 is 2.25 bits per heavy atom. The number of carboxylic acids is 1. The van der Waals surface area contributed by atoms with Crippen molar-refractivity contribution < 1.29 is 14.7 Å². The van der Waals surface area contributed by atoms with E-state index in [1.807, 2.05) is 6.92 Å².